The SMILES string of the molecule is COc1ccc(C(=O)Oc2ccc(C3NC(=O)c4c(sc5c4CCCC5)N3)cc2)cc1. The van der Waals surface area contributed by atoms with Gasteiger partial charge in [0.2, 0.25) is 0 Å². The topological polar surface area (TPSA) is 76.7 Å². The van der Waals surface area contributed by atoms with Crippen molar-refractivity contribution >= 4 is 28.2 Å². The standard InChI is InChI=1S/C24H22N2O4S/c1-29-16-10-8-15(9-11-16)24(28)30-17-12-6-14(7-13-17)21-25-22(27)20-18-4-2-3-5-19(18)31-23(20)26-21/h6-13,21,26H,2-5H2,1H3,(H,25,27). The lowest BCUT2D eigenvalue weighted by Gasteiger charge is -2.27. The molecule has 2 aliphatic rings. The highest BCUT2D eigenvalue weighted by molar-refractivity contribution is 7.16. The van der Waals surface area contributed by atoms with Gasteiger partial charge in [0.15, 0.2) is 0 Å². The smallest absolute Gasteiger partial charge is 0.343 e. The van der Waals surface area contributed by atoms with Gasteiger partial charge in [-0.2, -0.15) is 0 Å². The second-order valence-corrected chi connectivity index (χ2v) is 8.76. The zero-order valence-corrected chi connectivity index (χ0v) is 17.9. The van der Waals surface area contributed by atoms with Crippen LogP contribution in [-0.2, 0) is 12.8 Å². The molecule has 0 bridgehead atoms. The average Bonchev–Trinajstić information content (AvgIpc) is 3.18. The number of carbonyl (C=O) groups excluding carboxylic acids is 2. The van der Waals surface area contributed by atoms with E-state index in [1.807, 2.05) is 12.1 Å². The van der Waals surface area contributed by atoms with E-state index >= 15 is 0 Å². The molecule has 0 spiro atoms. The first-order valence-electron chi connectivity index (χ1n) is 10.3. The number of hydrogen-bond donors (Lipinski definition) is 2. The summed E-state index contributed by atoms with van der Waals surface area (Å²) in [7, 11) is 1.58. The van der Waals surface area contributed by atoms with Crippen LogP contribution < -0.4 is 20.1 Å². The van der Waals surface area contributed by atoms with Gasteiger partial charge in [-0.15, -0.1) is 11.3 Å². The molecule has 0 saturated carbocycles. The van der Waals surface area contributed by atoms with Crippen LogP contribution in [0.2, 0.25) is 0 Å². The van der Waals surface area contributed by atoms with Gasteiger partial charge < -0.3 is 20.1 Å². The minimum absolute atomic E-state index is 0.0202. The molecule has 6 nitrogen and oxygen atoms in total. The fraction of sp³-hybridized carbons (Fsp3) is 0.250. The van der Waals surface area contributed by atoms with Gasteiger partial charge in [-0.25, -0.2) is 4.79 Å². The van der Waals surface area contributed by atoms with Crippen molar-refractivity contribution in [2.24, 2.45) is 0 Å². The van der Waals surface area contributed by atoms with Crippen LogP contribution in [0.5, 0.6) is 11.5 Å². The van der Waals surface area contributed by atoms with Gasteiger partial charge in [0.1, 0.15) is 22.7 Å². The summed E-state index contributed by atoms with van der Waals surface area (Å²) in [6.45, 7) is 0. The molecule has 2 N–H and O–H groups in total. The number of benzene rings is 2. The number of hydrogen-bond acceptors (Lipinski definition) is 6. The van der Waals surface area contributed by atoms with Crippen LogP contribution in [-0.4, -0.2) is 19.0 Å². The Labute approximate surface area is 184 Å². The number of amides is 1. The first-order valence-corrected chi connectivity index (χ1v) is 11.1. The summed E-state index contributed by atoms with van der Waals surface area (Å²) >= 11 is 1.70. The molecule has 5 rings (SSSR count). The van der Waals surface area contributed by atoms with Crippen molar-refractivity contribution in [1.82, 2.24) is 5.32 Å². The van der Waals surface area contributed by atoms with Crippen molar-refractivity contribution in [3.8, 4) is 11.5 Å². The molecule has 1 unspecified atom stereocenters. The van der Waals surface area contributed by atoms with Gasteiger partial charge in [-0.3, -0.25) is 4.79 Å². The minimum atomic E-state index is -0.437. The van der Waals surface area contributed by atoms with E-state index in [0.717, 1.165) is 35.4 Å². The summed E-state index contributed by atoms with van der Waals surface area (Å²) in [6.07, 6.45) is 4.06. The lowest BCUT2D eigenvalue weighted by molar-refractivity contribution is 0.0734. The van der Waals surface area contributed by atoms with Crippen molar-refractivity contribution in [1.29, 1.82) is 0 Å². The number of aryl methyl sites for hydroxylation is 1. The van der Waals surface area contributed by atoms with E-state index in [4.69, 9.17) is 9.47 Å². The molecule has 1 atom stereocenters. The molecule has 1 aromatic heterocycles. The molecule has 2 heterocycles. The highest BCUT2D eigenvalue weighted by Gasteiger charge is 2.31. The summed E-state index contributed by atoms with van der Waals surface area (Å²) in [5, 5.41) is 7.48. The molecule has 1 aliphatic carbocycles. The molecule has 158 valence electrons. The maximum atomic E-state index is 12.8. The molecule has 0 radical (unpaired) electrons. The van der Waals surface area contributed by atoms with Crippen LogP contribution in [0.15, 0.2) is 48.5 Å². The fourth-order valence-electron chi connectivity index (χ4n) is 4.07. The Bertz CT molecular complexity index is 1140. The highest BCUT2D eigenvalue weighted by atomic mass is 32.1. The number of nitrogens with one attached hydrogen (secondary N) is 2. The average molecular weight is 435 g/mol. The third-order valence-electron chi connectivity index (χ3n) is 5.70. The van der Waals surface area contributed by atoms with Gasteiger partial charge >= 0.3 is 5.97 Å². The molecular weight excluding hydrogens is 412 g/mol. The van der Waals surface area contributed by atoms with E-state index in [0.29, 0.717) is 17.1 Å². The number of fused-ring (bicyclic) bond motifs is 3. The number of methoxy groups -OCH3 is 1. The second-order valence-electron chi connectivity index (χ2n) is 7.65. The van der Waals surface area contributed by atoms with E-state index in [9.17, 15) is 9.59 Å². The third-order valence-corrected chi connectivity index (χ3v) is 6.92. The summed E-state index contributed by atoms with van der Waals surface area (Å²) in [5.41, 5.74) is 3.38. The lowest BCUT2D eigenvalue weighted by Crippen LogP contribution is -2.38. The van der Waals surface area contributed by atoms with Gasteiger partial charge in [0.05, 0.1) is 18.2 Å². The number of carbonyl (C=O) groups is 2. The summed E-state index contributed by atoms with van der Waals surface area (Å²) < 4.78 is 10.6. The Hall–Kier alpha value is -3.32. The van der Waals surface area contributed by atoms with Crippen LogP contribution in [0.1, 0.15) is 55.7 Å². The normalized spacial score (nSPS) is 17.1. The first kappa shape index (κ1) is 19.6. The highest BCUT2D eigenvalue weighted by Crippen LogP contribution is 2.41. The van der Waals surface area contributed by atoms with Gasteiger partial charge in [0, 0.05) is 4.88 Å². The molecule has 31 heavy (non-hydrogen) atoms. The molecule has 7 heteroatoms. The second kappa shape index (κ2) is 8.07. The Kier molecular flexibility index (Phi) is 5.11. The van der Waals surface area contributed by atoms with Gasteiger partial charge in [-0.05, 0) is 73.2 Å². The largest absolute Gasteiger partial charge is 0.497 e. The molecular formula is C24H22N2O4S. The van der Waals surface area contributed by atoms with Gasteiger partial charge in [0.25, 0.3) is 5.91 Å². The molecule has 1 amide bonds. The zero-order chi connectivity index (χ0) is 21.4. The maximum Gasteiger partial charge on any atom is 0.343 e. The predicted octanol–water partition coefficient (Wildman–Crippen LogP) is 4.71. The Morgan fingerprint density at radius 1 is 0.968 bits per heavy atom. The van der Waals surface area contributed by atoms with E-state index in [1.54, 1.807) is 54.8 Å². The van der Waals surface area contributed by atoms with Crippen molar-refractivity contribution in [3.05, 3.63) is 75.7 Å². The number of ether oxygens (including phenoxy) is 2. The number of rotatable bonds is 4. The first-order chi connectivity index (χ1) is 15.1. The minimum Gasteiger partial charge on any atom is -0.497 e. The molecule has 0 saturated heterocycles. The van der Waals surface area contributed by atoms with Crippen LogP contribution >= 0.6 is 11.3 Å². The van der Waals surface area contributed by atoms with Crippen LogP contribution in [0.25, 0.3) is 0 Å². The van der Waals surface area contributed by atoms with Crippen molar-refractivity contribution < 1.29 is 19.1 Å². The summed E-state index contributed by atoms with van der Waals surface area (Å²) in [4.78, 5) is 26.5. The Morgan fingerprint density at radius 3 is 2.42 bits per heavy atom. The molecule has 1 aliphatic heterocycles. The molecule has 0 fully saturated rings. The van der Waals surface area contributed by atoms with E-state index in [1.165, 1.54) is 16.9 Å². The third kappa shape index (κ3) is 3.77. The van der Waals surface area contributed by atoms with Crippen LogP contribution in [0.3, 0.4) is 0 Å². The van der Waals surface area contributed by atoms with Crippen LogP contribution in [0.4, 0.5) is 5.00 Å². The van der Waals surface area contributed by atoms with Crippen molar-refractivity contribution in [2.45, 2.75) is 31.8 Å². The van der Waals surface area contributed by atoms with Gasteiger partial charge in [-0.1, -0.05) is 12.1 Å². The predicted molar refractivity (Wildman–Crippen MR) is 119 cm³/mol. The number of thiophene rings is 1. The van der Waals surface area contributed by atoms with Crippen molar-refractivity contribution in [3.63, 3.8) is 0 Å². The Balaban J connectivity index is 1.29. The lowest BCUT2D eigenvalue weighted by atomic mass is 9.94. The van der Waals surface area contributed by atoms with Crippen LogP contribution in [0, 0.1) is 0 Å². The monoisotopic (exact) mass is 434 g/mol. The summed E-state index contributed by atoms with van der Waals surface area (Å²) in [5.74, 6) is 0.665. The van der Waals surface area contributed by atoms with Crippen molar-refractivity contribution in [2.75, 3.05) is 12.4 Å². The molecule has 2 aromatic carbocycles. The molecule has 3 aromatic rings. The quantitative estimate of drug-likeness (QED) is 0.459. The zero-order valence-electron chi connectivity index (χ0n) is 17.1. The van der Waals surface area contributed by atoms with E-state index in [2.05, 4.69) is 10.6 Å². The van der Waals surface area contributed by atoms with E-state index in [-0.39, 0.29) is 12.1 Å². The number of anilines is 1. The maximum absolute atomic E-state index is 12.8. The Morgan fingerprint density at radius 2 is 1.68 bits per heavy atom. The number of esters is 1. The van der Waals surface area contributed by atoms with E-state index < -0.39 is 5.97 Å². The summed E-state index contributed by atoms with van der Waals surface area (Å²) in [6, 6.07) is 13.9. The fourth-order valence-corrected chi connectivity index (χ4v) is 5.38.